The molecule has 1 aromatic heterocycles. The van der Waals surface area contributed by atoms with Gasteiger partial charge in [-0.25, -0.2) is 4.39 Å². The maximum absolute atomic E-state index is 12.9. The molecule has 1 heterocycles. The monoisotopic (exact) mass is 402 g/mol. The van der Waals surface area contributed by atoms with Crippen LogP contribution in [0, 0.1) is 5.82 Å². The molecule has 3 aromatic rings. The summed E-state index contributed by atoms with van der Waals surface area (Å²) in [5, 5.41) is 15.3. The molecule has 0 fully saturated rings. The van der Waals surface area contributed by atoms with Gasteiger partial charge in [-0.15, -0.1) is 10.2 Å². The molecule has 0 saturated heterocycles. The van der Waals surface area contributed by atoms with Gasteiger partial charge in [0.1, 0.15) is 16.7 Å². The zero-order chi connectivity index (χ0) is 19.1. The average molecular weight is 403 g/mol. The van der Waals surface area contributed by atoms with E-state index in [2.05, 4.69) is 20.8 Å². The van der Waals surface area contributed by atoms with Gasteiger partial charge in [-0.05, 0) is 54.1 Å². The van der Waals surface area contributed by atoms with Crippen LogP contribution in [-0.4, -0.2) is 21.9 Å². The number of benzene rings is 2. The smallest absolute Gasteiger partial charge is 0.234 e. The first-order valence-corrected chi connectivity index (χ1v) is 9.45. The van der Waals surface area contributed by atoms with Gasteiger partial charge in [-0.2, -0.15) is 0 Å². The van der Waals surface area contributed by atoms with E-state index in [1.165, 1.54) is 23.9 Å². The van der Waals surface area contributed by atoms with Crippen LogP contribution in [0.4, 0.5) is 15.9 Å². The van der Waals surface area contributed by atoms with Crippen molar-refractivity contribution in [3.05, 3.63) is 77.1 Å². The molecule has 138 valence electrons. The van der Waals surface area contributed by atoms with Crippen molar-refractivity contribution < 1.29 is 9.18 Å². The van der Waals surface area contributed by atoms with Gasteiger partial charge in [0.2, 0.25) is 5.91 Å². The van der Waals surface area contributed by atoms with Gasteiger partial charge >= 0.3 is 0 Å². The third-order valence-corrected chi connectivity index (χ3v) is 4.68. The number of anilines is 2. The van der Waals surface area contributed by atoms with E-state index in [1.54, 1.807) is 48.5 Å². The highest BCUT2D eigenvalue weighted by Gasteiger charge is 2.06. The molecule has 0 aliphatic carbocycles. The molecule has 2 N–H and O–H groups in total. The third kappa shape index (κ3) is 6.23. The fourth-order valence-electron chi connectivity index (χ4n) is 2.16. The minimum Gasteiger partial charge on any atom is -0.365 e. The molecule has 27 heavy (non-hydrogen) atoms. The molecule has 0 bridgehead atoms. The van der Waals surface area contributed by atoms with Crippen molar-refractivity contribution in [2.24, 2.45) is 0 Å². The highest BCUT2D eigenvalue weighted by Crippen LogP contribution is 2.17. The normalized spacial score (nSPS) is 10.4. The predicted octanol–water partition coefficient (Wildman–Crippen LogP) is 4.61. The van der Waals surface area contributed by atoms with E-state index in [1.807, 2.05) is 0 Å². The Kier molecular flexibility index (Phi) is 6.62. The lowest BCUT2D eigenvalue weighted by atomic mass is 10.2. The number of amides is 1. The molecule has 1 amide bonds. The maximum atomic E-state index is 12.9. The first-order chi connectivity index (χ1) is 13.1. The number of hydrogen-bond donors (Lipinski definition) is 2. The number of hydrogen-bond acceptors (Lipinski definition) is 5. The molecular formula is C19H16ClFN4OS. The predicted molar refractivity (Wildman–Crippen MR) is 107 cm³/mol. The molecule has 0 spiro atoms. The molecule has 5 nitrogen and oxygen atoms in total. The lowest BCUT2D eigenvalue weighted by Gasteiger charge is -2.06. The minimum absolute atomic E-state index is 0.136. The van der Waals surface area contributed by atoms with Crippen LogP contribution < -0.4 is 10.6 Å². The zero-order valence-electron chi connectivity index (χ0n) is 14.2. The van der Waals surface area contributed by atoms with Crippen LogP contribution in [0.25, 0.3) is 0 Å². The van der Waals surface area contributed by atoms with Crippen LogP contribution in [0.3, 0.4) is 0 Å². The van der Waals surface area contributed by atoms with E-state index in [9.17, 15) is 9.18 Å². The number of rotatable bonds is 7. The summed E-state index contributed by atoms with van der Waals surface area (Å²) >= 11 is 7.11. The molecule has 0 unspecified atom stereocenters. The molecule has 0 radical (unpaired) electrons. The number of carbonyl (C=O) groups is 1. The van der Waals surface area contributed by atoms with E-state index in [0.717, 1.165) is 5.56 Å². The molecule has 0 saturated carbocycles. The van der Waals surface area contributed by atoms with Gasteiger partial charge in [0.25, 0.3) is 0 Å². The summed E-state index contributed by atoms with van der Waals surface area (Å²) in [7, 11) is 0. The van der Waals surface area contributed by atoms with Crippen molar-refractivity contribution in [3.8, 4) is 0 Å². The Morgan fingerprint density at radius 3 is 2.41 bits per heavy atom. The van der Waals surface area contributed by atoms with Crippen molar-refractivity contribution in [2.45, 2.75) is 11.6 Å². The summed E-state index contributed by atoms with van der Waals surface area (Å²) in [4.78, 5) is 12.0. The fourth-order valence-corrected chi connectivity index (χ4v) is 2.90. The zero-order valence-corrected chi connectivity index (χ0v) is 15.7. The standard InChI is InChI=1S/C19H16ClFN4OS/c20-14-3-7-16(8-4-14)23-18(26)12-27-19-10-9-17(24-25-19)22-11-13-1-5-15(21)6-2-13/h1-10H,11-12H2,(H,22,24)(H,23,26). The second-order valence-corrected chi connectivity index (χ2v) is 7.01. The van der Waals surface area contributed by atoms with Gasteiger partial charge in [0.15, 0.2) is 0 Å². The number of nitrogens with zero attached hydrogens (tertiary/aromatic N) is 2. The van der Waals surface area contributed by atoms with Gasteiger partial charge in [-0.3, -0.25) is 4.79 Å². The van der Waals surface area contributed by atoms with Crippen LogP contribution in [0.2, 0.25) is 5.02 Å². The molecule has 2 aromatic carbocycles. The Bertz CT molecular complexity index is 889. The molecule has 3 rings (SSSR count). The Morgan fingerprint density at radius 1 is 1.00 bits per heavy atom. The maximum Gasteiger partial charge on any atom is 0.234 e. The Morgan fingerprint density at radius 2 is 1.74 bits per heavy atom. The highest BCUT2D eigenvalue weighted by molar-refractivity contribution is 7.99. The fraction of sp³-hybridized carbons (Fsp3) is 0.105. The quantitative estimate of drug-likeness (QED) is 0.565. The highest BCUT2D eigenvalue weighted by atomic mass is 35.5. The van der Waals surface area contributed by atoms with Gasteiger partial charge < -0.3 is 10.6 Å². The molecule has 8 heteroatoms. The second-order valence-electron chi connectivity index (χ2n) is 5.58. The van der Waals surface area contributed by atoms with Gasteiger partial charge in [0.05, 0.1) is 5.75 Å². The topological polar surface area (TPSA) is 66.9 Å². The Hall–Kier alpha value is -2.64. The molecule has 0 aliphatic heterocycles. The van der Waals surface area contributed by atoms with E-state index in [-0.39, 0.29) is 17.5 Å². The lowest BCUT2D eigenvalue weighted by Crippen LogP contribution is -2.14. The van der Waals surface area contributed by atoms with Crippen LogP contribution in [0.1, 0.15) is 5.56 Å². The third-order valence-electron chi connectivity index (χ3n) is 3.51. The lowest BCUT2D eigenvalue weighted by molar-refractivity contribution is -0.113. The Labute approximate surface area is 165 Å². The van der Waals surface area contributed by atoms with Crippen LogP contribution in [0.15, 0.2) is 65.7 Å². The van der Waals surface area contributed by atoms with Crippen LogP contribution >= 0.6 is 23.4 Å². The second kappa shape index (κ2) is 9.34. The number of aromatic nitrogens is 2. The SMILES string of the molecule is O=C(CSc1ccc(NCc2ccc(F)cc2)nn1)Nc1ccc(Cl)cc1. The van der Waals surface area contributed by atoms with Crippen molar-refractivity contribution in [1.82, 2.24) is 10.2 Å². The number of carbonyl (C=O) groups excluding carboxylic acids is 1. The van der Waals surface area contributed by atoms with E-state index in [4.69, 9.17) is 11.6 Å². The van der Waals surface area contributed by atoms with Crippen LogP contribution in [0.5, 0.6) is 0 Å². The van der Waals surface area contributed by atoms with Crippen molar-refractivity contribution in [2.75, 3.05) is 16.4 Å². The number of halogens is 2. The summed E-state index contributed by atoms with van der Waals surface area (Å²) in [6, 6.07) is 16.7. The van der Waals surface area contributed by atoms with E-state index < -0.39 is 0 Å². The summed E-state index contributed by atoms with van der Waals surface area (Å²) in [5.41, 5.74) is 1.63. The van der Waals surface area contributed by atoms with Crippen molar-refractivity contribution in [3.63, 3.8) is 0 Å². The summed E-state index contributed by atoms with van der Waals surface area (Å²) < 4.78 is 12.9. The van der Waals surface area contributed by atoms with Gasteiger partial charge in [0, 0.05) is 17.3 Å². The largest absolute Gasteiger partial charge is 0.365 e. The summed E-state index contributed by atoms with van der Waals surface area (Å²) in [6.45, 7) is 0.519. The number of nitrogens with one attached hydrogen (secondary N) is 2. The van der Waals surface area contributed by atoms with Crippen molar-refractivity contribution >= 4 is 40.8 Å². The van der Waals surface area contributed by atoms with E-state index >= 15 is 0 Å². The average Bonchev–Trinajstić information content (AvgIpc) is 2.68. The number of thioether (sulfide) groups is 1. The first kappa shape index (κ1) is 19.1. The van der Waals surface area contributed by atoms with Crippen molar-refractivity contribution in [1.29, 1.82) is 0 Å². The summed E-state index contributed by atoms with van der Waals surface area (Å²) in [6.07, 6.45) is 0. The minimum atomic E-state index is -0.264. The van der Waals surface area contributed by atoms with E-state index in [0.29, 0.717) is 28.1 Å². The molecule has 0 atom stereocenters. The molecule has 0 aliphatic rings. The molecular weight excluding hydrogens is 387 g/mol. The van der Waals surface area contributed by atoms with Crippen LogP contribution in [-0.2, 0) is 11.3 Å². The van der Waals surface area contributed by atoms with Gasteiger partial charge in [-0.1, -0.05) is 35.5 Å². The Balaban J connectivity index is 1.45. The summed E-state index contributed by atoms with van der Waals surface area (Å²) in [5.74, 6) is 0.427. The first-order valence-electron chi connectivity index (χ1n) is 8.09.